The number of aryl methyl sites for hydroxylation is 1. The zero-order chi connectivity index (χ0) is 28.2. The van der Waals surface area contributed by atoms with Crippen LogP contribution < -0.4 is 10.6 Å². The molecular formula is C30H55ClN2O3. The maximum atomic E-state index is 7.00. The fourth-order valence-electron chi connectivity index (χ4n) is 3.29. The quantitative estimate of drug-likeness (QED) is 0.159. The molecule has 0 amide bonds. The van der Waals surface area contributed by atoms with Crippen molar-refractivity contribution in [2.45, 2.75) is 73.3 Å². The van der Waals surface area contributed by atoms with Crippen LogP contribution >= 0.6 is 11.6 Å². The Bertz CT molecular complexity index is 672. The highest BCUT2D eigenvalue weighted by atomic mass is 35.5. The van der Waals surface area contributed by atoms with Crippen molar-refractivity contribution in [3.05, 3.63) is 65.2 Å². The number of ether oxygens (including phenoxy) is 2. The van der Waals surface area contributed by atoms with Gasteiger partial charge in [0.2, 0.25) is 0 Å². The Morgan fingerprint density at radius 1 is 1.14 bits per heavy atom. The minimum Gasteiger partial charge on any atom is -0.400 e. The Labute approximate surface area is 228 Å². The molecule has 0 unspecified atom stereocenters. The molecule has 5 nitrogen and oxygen atoms in total. The van der Waals surface area contributed by atoms with Gasteiger partial charge in [-0.1, -0.05) is 63.6 Å². The number of anilines is 1. The normalized spacial score (nSPS) is 13.1. The van der Waals surface area contributed by atoms with E-state index in [4.69, 9.17) is 26.2 Å². The molecule has 2 rings (SSSR count). The van der Waals surface area contributed by atoms with E-state index in [-0.39, 0.29) is 0 Å². The second kappa shape index (κ2) is 29.6. The molecule has 0 spiro atoms. The maximum absolute atomic E-state index is 7.00. The molecule has 1 aromatic carbocycles. The fourth-order valence-corrected chi connectivity index (χ4v) is 3.53. The van der Waals surface area contributed by atoms with Crippen LogP contribution in [0.4, 0.5) is 5.69 Å². The van der Waals surface area contributed by atoms with Crippen LogP contribution in [-0.2, 0) is 15.9 Å². The molecule has 1 aliphatic rings. The van der Waals surface area contributed by atoms with Gasteiger partial charge in [-0.3, -0.25) is 0 Å². The summed E-state index contributed by atoms with van der Waals surface area (Å²) < 4.78 is 11.4. The van der Waals surface area contributed by atoms with E-state index in [9.17, 15) is 0 Å². The van der Waals surface area contributed by atoms with Gasteiger partial charge < -0.3 is 25.2 Å². The van der Waals surface area contributed by atoms with Crippen molar-refractivity contribution >= 4 is 17.3 Å². The Morgan fingerprint density at radius 3 is 2.31 bits per heavy atom. The van der Waals surface area contributed by atoms with Crippen LogP contribution in [-0.4, -0.2) is 58.3 Å². The summed E-state index contributed by atoms with van der Waals surface area (Å²) in [6, 6.07) is 4.07. The van der Waals surface area contributed by atoms with Gasteiger partial charge in [0.25, 0.3) is 0 Å². The summed E-state index contributed by atoms with van der Waals surface area (Å²) in [5.74, 6) is 0. The van der Waals surface area contributed by atoms with Crippen LogP contribution in [0.5, 0.6) is 0 Å². The first-order valence-electron chi connectivity index (χ1n) is 13.3. The zero-order valence-electron chi connectivity index (χ0n) is 24.4. The van der Waals surface area contributed by atoms with Crippen molar-refractivity contribution in [2.75, 3.05) is 52.4 Å². The average molecular weight is 527 g/mol. The van der Waals surface area contributed by atoms with E-state index in [0.717, 1.165) is 69.8 Å². The number of hydrogen-bond acceptors (Lipinski definition) is 5. The number of hydrogen-bond donors (Lipinski definition) is 3. The van der Waals surface area contributed by atoms with E-state index in [0.29, 0.717) is 12.7 Å². The van der Waals surface area contributed by atoms with Crippen LogP contribution in [0.15, 0.2) is 49.1 Å². The first kappa shape index (κ1) is 38.9. The van der Waals surface area contributed by atoms with Gasteiger partial charge in [-0.2, -0.15) is 0 Å². The summed E-state index contributed by atoms with van der Waals surface area (Å²) in [5, 5.41) is 14.5. The lowest BCUT2D eigenvalue weighted by atomic mass is 10.0. The van der Waals surface area contributed by atoms with E-state index >= 15 is 0 Å². The molecule has 0 aromatic heterocycles. The van der Waals surface area contributed by atoms with Gasteiger partial charge in [-0.05, 0) is 75.9 Å². The number of likely N-dealkylation sites (N-methyl/N-ethyl adjacent to an activating group) is 1. The van der Waals surface area contributed by atoms with E-state index in [1.807, 2.05) is 40.8 Å². The second-order valence-corrected chi connectivity index (χ2v) is 7.58. The molecular weight excluding hydrogens is 472 g/mol. The lowest BCUT2D eigenvalue weighted by Crippen LogP contribution is -2.24. The Morgan fingerprint density at radius 2 is 1.75 bits per heavy atom. The Hall–Kier alpha value is -1.63. The number of benzene rings is 1. The molecule has 1 aromatic rings. The lowest BCUT2D eigenvalue weighted by molar-refractivity contribution is -0.0236. The predicted molar refractivity (Wildman–Crippen MR) is 162 cm³/mol. The van der Waals surface area contributed by atoms with E-state index in [2.05, 4.69) is 61.9 Å². The number of allylic oxidation sites excluding steroid dienone is 1. The van der Waals surface area contributed by atoms with E-state index in [1.54, 1.807) is 0 Å². The number of nitrogens with one attached hydrogen (secondary N) is 2. The molecule has 1 saturated heterocycles. The first-order valence-corrected chi connectivity index (χ1v) is 13.7. The molecule has 0 atom stereocenters. The zero-order valence-corrected chi connectivity index (χ0v) is 25.1. The second-order valence-electron chi connectivity index (χ2n) is 7.18. The molecule has 210 valence electrons. The van der Waals surface area contributed by atoms with Gasteiger partial charge in [0.05, 0.1) is 23.4 Å². The maximum Gasteiger partial charge on any atom is 0.0717 e. The molecule has 0 saturated carbocycles. The largest absolute Gasteiger partial charge is 0.400 e. The summed E-state index contributed by atoms with van der Waals surface area (Å²) in [7, 11) is 2.97. The van der Waals surface area contributed by atoms with Crippen LogP contribution in [0, 0.1) is 6.92 Å². The highest BCUT2D eigenvalue weighted by molar-refractivity contribution is 6.33. The SMILES string of the molecule is C/C=C(\C=C/CCNc1c(Cl)ccc(C)c1CCNC)COC1CCOCC1.C=C.CC.CC.CO. The summed E-state index contributed by atoms with van der Waals surface area (Å²) in [4.78, 5) is 0. The Balaban J connectivity index is -0.00000124. The average Bonchev–Trinajstić information content (AvgIpc) is 2.96. The van der Waals surface area contributed by atoms with Gasteiger partial charge in [0.1, 0.15) is 0 Å². The Kier molecular flexibility index (Phi) is 32.0. The molecule has 0 radical (unpaired) electrons. The number of halogens is 1. The van der Waals surface area contributed by atoms with Crippen molar-refractivity contribution < 1.29 is 14.6 Å². The number of rotatable bonds is 11. The van der Waals surface area contributed by atoms with Crippen LogP contribution in [0.2, 0.25) is 5.02 Å². The highest BCUT2D eigenvalue weighted by Gasteiger charge is 2.14. The van der Waals surface area contributed by atoms with Crippen LogP contribution in [0.25, 0.3) is 0 Å². The standard InChI is InChI=1S/C23H35ClN2O2.2C2H6.C2H4.CH4O/c1-4-19(17-28-20-11-15-27-16-12-20)7-5-6-13-26-23-21(10-14-25-3)18(2)8-9-22(23)24;4*1-2/h4-5,7-9,20,25-26H,6,10-17H2,1-3H3;2*1-2H3;1-2H2;2H,1H3/b7-5-,19-4+;;;;. The topological polar surface area (TPSA) is 62.8 Å². The van der Waals surface area contributed by atoms with Gasteiger partial charge in [0, 0.05) is 26.9 Å². The van der Waals surface area contributed by atoms with Gasteiger partial charge in [-0.25, -0.2) is 0 Å². The minimum absolute atomic E-state index is 0.332. The monoisotopic (exact) mass is 526 g/mol. The van der Waals surface area contributed by atoms with Crippen molar-refractivity contribution in [3.8, 4) is 0 Å². The lowest BCUT2D eigenvalue weighted by Gasteiger charge is -2.22. The summed E-state index contributed by atoms with van der Waals surface area (Å²) >= 11 is 6.45. The number of aliphatic hydroxyl groups is 1. The van der Waals surface area contributed by atoms with Crippen LogP contribution in [0.1, 0.15) is 65.0 Å². The fraction of sp³-hybridized carbons (Fsp3) is 0.600. The molecule has 0 bridgehead atoms. The van der Waals surface area contributed by atoms with Crippen molar-refractivity contribution in [1.29, 1.82) is 0 Å². The third-order valence-corrected chi connectivity index (χ3v) is 5.41. The molecule has 1 fully saturated rings. The summed E-state index contributed by atoms with van der Waals surface area (Å²) in [5.41, 5.74) is 4.86. The van der Waals surface area contributed by atoms with Crippen molar-refractivity contribution in [3.63, 3.8) is 0 Å². The first-order chi connectivity index (χ1) is 17.7. The molecule has 1 heterocycles. The summed E-state index contributed by atoms with van der Waals surface area (Å²) in [6.45, 7) is 22.3. The van der Waals surface area contributed by atoms with Gasteiger partial charge in [-0.15, -0.1) is 13.2 Å². The molecule has 1 aliphatic heterocycles. The minimum atomic E-state index is 0.332. The molecule has 0 aliphatic carbocycles. The third kappa shape index (κ3) is 17.7. The number of aliphatic hydroxyl groups excluding tert-OH is 1. The van der Waals surface area contributed by atoms with Gasteiger partial charge >= 0.3 is 0 Å². The van der Waals surface area contributed by atoms with E-state index in [1.165, 1.54) is 16.7 Å². The molecule has 3 N–H and O–H groups in total. The van der Waals surface area contributed by atoms with Gasteiger partial charge in [0.15, 0.2) is 0 Å². The molecule has 36 heavy (non-hydrogen) atoms. The third-order valence-electron chi connectivity index (χ3n) is 5.09. The molecule has 6 heteroatoms. The predicted octanol–water partition coefficient (Wildman–Crippen LogP) is 7.37. The van der Waals surface area contributed by atoms with Crippen molar-refractivity contribution in [2.24, 2.45) is 0 Å². The summed E-state index contributed by atoms with van der Waals surface area (Å²) in [6.07, 6.45) is 10.7. The smallest absolute Gasteiger partial charge is 0.0717 e. The van der Waals surface area contributed by atoms with Crippen molar-refractivity contribution in [1.82, 2.24) is 5.32 Å². The van der Waals surface area contributed by atoms with E-state index < -0.39 is 0 Å². The van der Waals surface area contributed by atoms with Crippen LogP contribution in [0.3, 0.4) is 0 Å². The highest BCUT2D eigenvalue weighted by Crippen LogP contribution is 2.29.